The summed E-state index contributed by atoms with van der Waals surface area (Å²) >= 11 is 1.66. The third-order valence-corrected chi connectivity index (χ3v) is 4.94. The van der Waals surface area contributed by atoms with Gasteiger partial charge in [0.2, 0.25) is 0 Å². The second-order valence-corrected chi connectivity index (χ2v) is 6.58. The molecule has 1 fully saturated rings. The summed E-state index contributed by atoms with van der Waals surface area (Å²) in [4.78, 5) is 14.7. The molecule has 3 rings (SSSR count). The number of rotatable bonds is 4. The second-order valence-electron chi connectivity index (χ2n) is 5.69. The Kier molecular flexibility index (Phi) is 4.37. The minimum Gasteiger partial charge on any atom is -0.392 e. The summed E-state index contributed by atoms with van der Waals surface area (Å²) in [6.45, 7) is 7.71. The zero-order valence-electron chi connectivity index (χ0n) is 12.6. The standard InChI is InChI=1S/C15H22N4OS/c1-3-12-9-19(6-5-18(12)8-11(2)20)14-13-4-7-21-15(13)17-10-16-14/h4,7,10-12,20H,3,5-6,8-9H2,1-2H3/t11-,12-/m1/s1. The Morgan fingerprint density at radius 3 is 3.05 bits per heavy atom. The van der Waals surface area contributed by atoms with Crippen LogP contribution in [0.2, 0.25) is 0 Å². The van der Waals surface area contributed by atoms with Gasteiger partial charge in [0.25, 0.3) is 0 Å². The van der Waals surface area contributed by atoms with Crippen LogP contribution in [0, 0.1) is 0 Å². The number of β-amino-alcohol motifs (C(OH)–C–C–N with tert-alkyl or cyclic N) is 1. The van der Waals surface area contributed by atoms with Crippen LogP contribution in [0.1, 0.15) is 20.3 Å². The highest BCUT2D eigenvalue weighted by atomic mass is 32.1. The van der Waals surface area contributed by atoms with Crippen molar-refractivity contribution in [2.24, 2.45) is 0 Å². The average molecular weight is 306 g/mol. The van der Waals surface area contributed by atoms with Gasteiger partial charge in [-0.3, -0.25) is 4.90 Å². The summed E-state index contributed by atoms with van der Waals surface area (Å²) < 4.78 is 0. The fraction of sp³-hybridized carbons (Fsp3) is 0.600. The first-order valence-electron chi connectivity index (χ1n) is 7.54. The van der Waals surface area contributed by atoms with Crippen LogP contribution in [-0.4, -0.2) is 58.3 Å². The lowest BCUT2D eigenvalue weighted by molar-refractivity contribution is 0.0885. The Morgan fingerprint density at radius 1 is 1.43 bits per heavy atom. The lowest BCUT2D eigenvalue weighted by atomic mass is 10.1. The second kappa shape index (κ2) is 6.25. The van der Waals surface area contributed by atoms with Crippen molar-refractivity contribution in [3.8, 4) is 0 Å². The Labute approximate surface area is 129 Å². The van der Waals surface area contributed by atoms with E-state index in [1.54, 1.807) is 17.7 Å². The van der Waals surface area contributed by atoms with Gasteiger partial charge in [-0.2, -0.15) is 0 Å². The number of aliphatic hydroxyl groups excluding tert-OH is 1. The Balaban J connectivity index is 1.80. The molecule has 2 atom stereocenters. The highest BCUT2D eigenvalue weighted by molar-refractivity contribution is 7.16. The minimum atomic E-state index is -0.270. The van der Waals surface area contributed by atoms with E-state index in [-0.39, 0.29) is 6.10 Å². The van der Waals surface area contributed by atoms with E-state index < -0.39 is 0 Å². The van der Waals surface area contributed by atoms with Crippen molar-refractivity contribution in [3.63, 3.8) is 0 Å². The molecule has 1 aliphatic heterocycles. The molecule has 21 heavy (non-hydrogen) atoms. The number of anilines is 1. The van der Waals surface area contributed by atoms with Crippen molar-refractivity contribution < 1.29 is 5.11 Å². The largest absolute Gasteiger partial charge is 0.392 e. The van der Waals surface area contributed by atoms with E-state index in [1.807, 2.05) is 6.92 Å². The molecule has 0 unspecified atom stereocenters. The van der Waals surface area contributed by atoms with Crippen molar-refractivity contribution in [1.82, 2.24) is 14.9 Å². The van der Waals surface area contributed by atoms with Gasteiger partial charge in [-0.25, -0.2) is 9.97 Å². The third kappa shape index (κ3) is 3.02. The molecule has 0 bridgehead atoms. The molecule has 1 N–H and O–H groups in total. The average Bonchev–Trinajstić information content (AvgIpc) is 2.95. The molecule has 0 radical (unpaired) electrons. The summed E-state index contributed by atoms with van der Waals surface area (Å²) in [5.41, 5.74) is 0. The number of nitrogens with zero attached hydrogens (tertiary/aromatic N) is 4. The van der Waals surface area contributed by atoms with Crippen molar-refractivity contribution in [2.75, 3.05) is 31.1 Å². The van der Waals surface area contributed by atoms with Gasteiger partial charge in [-0.15, -0.1) is 11.3 Å². The van der Waals surface area contributed by atoms with Gasteiger partial charge in [-0.05, 0) is 24.8 Å². The summed E-state index contributed by atoms with van der Waals surface area (Å²) in [6, 6.07) is 2.58. The molecule has 0 aromatic carbocycles. The fourth-order valence-electron chi connectivity index (χ4n) is 3.08. The summed E-state index contributed by atoms with van der Waals surface area (Å²) in [6.07, 6.45) is 2.48. The molecular formula is C15H22N4OS. The number of thiophene rings is 1. The molecule has 0 saturated carbocycles. The normalized spacial score (nSPS) is 21.9. The lowest BCUT2D eigenvalue weighted by Crippen LogP contribution is -2.54. The van der Waals surface area contributed by atoms with Crippen LogP contribution in [0.5, 0.6) is 0 Å². The van der Waals surface area contributed by atoms with Crippen molar-refractivity contribution in [2.45, 2.75) is 32.4 Å². The monoisotopic (exact) mass is 306 g/mol. The van der Waals surface area contributed by atoms with Gasteiger partial charge in [0.1, 0.15) is 17.0 Å². The Morgan fingerprint density at radius 2 is 2.29 bits per heavy atom. The zero-order valence-corrected chi connectivity index (χ0v) is 13.4. The summed E-state index contributed by atoms with van der Waals surface area (Å²) in [5.74, 6) is 1.05. The van der Waals surface area contributed by atoms with Crippen LogP contribution in [0.4, 0.5) is 5.82 Å². The highest BCUT2D eigenvalue weighted by Gasteiger charge is 2.28. The first-order chi connectivity index (χ1) is 10.2. The van der Waals surface area contributed by atoms with E-state index in [0.29, 0.717) is 6.04 Å². The van der Waals surface area contributed by atoms with E-state index >= 15 is 0 Å². The number of aliphatic hydroxyl groups is 1. The quantitative estimate of drug-likeness (QED) is 0.936. The van der Waals surface area contributed by atoms with Crippen LogP contribution >= 0.6 is 11.3 Å². The smallest absolute Gasteiger partial charge is 0.140 e. The van der Waals surface area contributed by atoms with E-state index in [1.165, 1.54) is 0 Å². The Bertz CT molecular complexity index is 600. The molecular weight excluding hydrogens is 284 g/mol. The SMILES string of the molecule is CC[C@@H]1CN(c2ncnc3sccc23)CCN1C[C@@H](C)O. The van der Waals surface area contributed by atoms with E-state index in [0.717, 1.165) is 48.6 Å². The van der Waals surface area contributed by atoms with E-state index in [2.05, 4.69) is 38.1 Å². The molecule has 0 spiro atoms. The number of aromatic nitrogens is 2. The van der Waals surface area contributed by atoms with Crippen molar-refractivity contribution >= 4 is 27.4 Å². The topological polar surface area (TPSA) is 52.5 Å². The molecule has 1 saturated heterocycles. The maximum atomic E-state index is 9.64. The van der Waals surface area contributed by atoms with Crippen LogP contribution in [0.3, 0.4) is 0 Å². The molecule has 3 heterocycles. The maximum absolute atomic E-state index is 9.64. The van der Waals surface area contributed by atoms with Crippen molar-refractivity contribution in [3.05, 3.63) is 17.8 Å². The summed E-state index contributed by atoms with van der Waals surface area (Å²) in [5, 5.41) is 12.9. The molecule has 0 aliphatic carbocycles. The van der Waals surface area contributed by atoms with Gasteiger partial charge >= 0.3 is 0 Å². The summed E-state index contributed by atoms with van der Waals surface area (Å²) in [7, 11) is 0. The molecule has 114 valence electrons. The number of piperazine rings is 1. The number of hydrogen-bond acceptors (Lipinski definition) is 6. The predicted molar refractivity (Wildman–Crippen MR) is 87.0 cm³/mol. The van der Waals surface area contributed by atoms with Gasteiger partial charge in [0.05, 0.1) is 11.5 Å². The van der Waals surface area contributed by atoms with Gasteiger partial charge in [0, 0.05) is 32.2 Å². The molecule has 6 heteroatoms. The molecule has 0 amide bonds. The maximum Gasteiger partial charge on any atom is 0.140 e. The van der Waals surface area contributed by atoms with Crippen LogP contribution in [-0.2, 0) is 0 Å². The predicted octanol–water partition coefficient (Wildman–Crippen LogP) is 1.97. The molecule has 1 aliphatic rings. The van der Waals surface area contributed by atoms with Gasteiger partial charge in [-0.1, -0.05) is 6.92 Å². The highest BCUT2D eigenvalue weighted by Crippen LogP contribution is 2.28. The van der Waals surface area contributed by atoms with Crippen LogP contribution in [0.15, 0.2) is 17.8 Å². The lowest BCUT2D eigenvalue weighted by Gasteiger charge is -2.42. The van der Waals surface area contributed by atoms with Crippen LogP contribution < -0.4 is 4.90 Å². The Hall–Kier alpha value is -1.24. The third-order valence-electron chi connectivity index (χ3n) is 4.11. The number of fused-ring (bicyclic) bond motifs is 1. The molecule has 2 aromatic rings. The fourth-order valence-corrected chi connectivity index (χ4v) is 3.81. The van der Waals surface area contributed by atoms with Crippen LogP contribution in [0.25, 0.3) is 10.2 Å². The minimum absolute atomic E-state index is 0.270. The van der Waals surface area contributed by atoms with E-state index in [4.69, 9.17) is 0 Å². The van der Waals surface area contributed by atoms with Gasteiger partial charge in [0.15, 0.2) is 0 Å². The molecule has 5 nitrogen and oxygen atoms in total. The molecule has 2 aromatic heterocycles. The van der Waals surface area contributed by atoms with E-state index in [9.17, 15) is 5.11 Å². The number of hydrogen-bond donors (Lipinski definition) is 1. The zero-order chi connectivity index (χ0) is 14.8. The van der Waals surface area contributed by atoms with Gasteiger partial charge < -0.3 is 10.0 Å². The van der Waals surface area contributed by atoms with Crippen molar-refractivity contribution in [1.29, 1.82) is 0 Å². The first kappa shape index (κ1) is 14.7. The first-order valence-corrected chi connectivity index (χ1v) is 8.42.